The van der Waals surface area contributed by atoms with Gasteiger partial charge in [-0.15, -0.1) is 0 Å². The van der Waals surface area contributed by atoms with Gasteiger partial charge in [0, 0.05) is 11.6 Å². The minimum Gasteiger partial charge on any atom is -0.413 e. The summed E-state index contributed by atoms with van der Waals surface area (Å²) in [6.07, 6.45) is 0. The van der Waals surface area contributed by atoms with Crippen LogP contribution in [-0.4, -0.2) is 14.0 Å². The number of nitrogens with zero attached hydrogens (tertiary/aromatic N) is 1. The molecule has 0 heterocycles. The van der Waals surface area contributed by atoms with Gasteiger partial charge in [-0.05, 0) is 37.7 Å². The SMILES string of the molecule is Cc1cc(CO[Si](C)C)ccc1[N+](=O)[O-]. The van der Waals surface area contributed by atoms with Crippen molar-refractivity contribution < 1.29 is 9.35 Å². The van der Waals surface area contributed by atoms with E-state index in [1.165, 1.54) is 6.07 Å². The Morgan fingerprint density at radius 3 is 2.60 bits per heavy atom. The van der Waals surface area contributed by atoms with E-state index in [9.17, 15) is 10.1 Å². The maximum atomic E-state index is 10.6. The number of hydrogen-bond acceptors (Lipinski definition) is 3. The van der Waals surface area contributed by atoms with Crippen LogP contribution in [0.15, 0.2) is 18.2 Å². The number of nitro groups is 1. The molecular formula is C10H14NO3Si. The van der Waals surface area contributed by atoms with Crippen molar-refractivity contribution in [2.45, 2.75) is 26.6 Å². The van der Waals surface area contributed by atoms with Crippen molar-refractivity contribution in [2.24, 2.45) is 0 Å². The van der Waals surface area contributed by atoms with E-state index in [0.717, 1.165) is 5.56 Å². The van der Waals surface area contributed by atoms with E-state index < -0.39 is 9.04 Å². The molecule has 1 radical (unpaired) electrons. The molecule has 0 atom stereocenters. The molecule has 81 valence electrons. The van der Waals surface area contributed by atoms with Crippen LogP contribution < -0.4 is 0 Å². The van der Waals surface area contributed by atoms with Gasteiger partial charge < -0.3 is 4.43 Å². The highest BCUT2D eigenvalue weighted by Gasteiger charge is 2.10. The molecule has 0 amide bonds. The van der Waals surface area contributed by atoms with Gasteiger partial charge >= 0.3 is 0 Å². The van der Waals surface area contributed by atoms with E-state index >= 15 is 0 Å². The molecule has 1 rings (SSSR count). The molecule has 15 heavy (non-hydrogen) atoms. The quantitative estimate of drug-likeness (QED) is 0.449. The standard InChI is InChI=1S/C10H14NO3Si/c1-8-6-9(7-14-15(2)3)4-5-10(8)11(12)13/h4-6H,7H2,1-3H3. The molecule has 0 aliphatic heterocycles. The molecule has 0 aliphatic carbocycles. The largest absolute Gasteiger partial charge is 0.413 e. The number of hydrogen-bond donors (Lipinski definition) is 0. The molecule has 0 saturated heterocycles. The Morgan fingerprint density at radius 2 is 2.13 bits per heavy atom. The molecule has 1 aromatic rings. The first-order chi connectivity index (χ1) is 7.00. The Labute approximate surface area is 90.8 Å². The third-order valence-corrected chi connectivity index (χ3v) is 2.71. The van der Waals surface area contributed by atoms with Crippen molar-refractivity contribution in [3.05, 3.63) is 39.4 Å². The first kappa shape index (κ1) is 11.9. The van der Waals surface area contributed by atoms with E-state index in [0.29, 0.717) is 12.2 Å². The molecule has 0 bridgehead atoms. The predicted molar refractivity (Wildman–Crippen MR) is 60.1 cm³/mol. The highest BCUT2D eigenvalue weighted by molar-refractivity contribution is 6.48. The van der Waals surface area contributed by atoms with Gasteiger partial charge in [-0.1, -0.05) is 0 Å². The van der Waals surface area contributed by atoms with Gasteiger partial charge in [0.2, 0.25) is 9.04 Å². The second-order valence-corrected chi connectivity index (χ2v) is 5.68. The van der Waals surface area contributed by atoms with Crippen LogP contribution in [0.25, 0.3) is 0 Å². The average Bonchev–Trinajstić information content (AvgIpc) is 2.14. The third-order valence-electron chi connectivity index (χ3n) is 1.99. The van der Waals surface area contributed by atoms with Crippen LogP contribution in [0.1, 0.15) is 11.1 Å². The van der Waals surface area contributed by atoms with E-state index in [1.54, 1.807) is 13.0 Å². The molecule has 5 heteroatoms. The molecule has 0 aromatic heterocycles. The fourth-order valence-electron chi connectivity index (χ4n) is 1.24. The van der Waals surface area contributed by atoms with Crippen LogP contribution in [0.2, 0.25) is 13.1 Å². The van der Waals surface area contributed by atoms with Crippen LogP contribution in [0, 0.1) is 17.0 Å². The number of nitro benzene ring substituents is 1. The maximum Gasteiger partial charge on any atom is 0.272 e. The molecule has 0 spiro atoms. The second-order valence-electron chi connectivity index (χ2n) is 3.57. The van der Waals surface area contributed by atoms with Crippen LogP contribution in [-0.2, 0) is 11.0 Å². The Bertz CT molecular complexity index is 366. The van der Waals surface area contributed by atoms with Crippen molar-refractivity contribution in [2.75, 3.05) is 0 Å². The molecule has 4 nitrogen and oxygen atoms in total. The summed E-state index contributed by atoms with van der Waals surface area (Å²) in [4.78, 5) is 10.2. The Balaban J connectivity index is 2.78. The van der Waals surface area contributed by atoms with Crippen LogP contribution in [0.3, 0.4) is 0 Å². The highest BCUT2D eigenvalue weighted by Crippen LogP contribution is 2.19. The third kappa shape index (κ3) is 3.45. The summed E-state index contributed by atoms with van der Waals surface area (Å²) in [5.74, 6) is 0. The zero-order valence-corrected chi connectivity index (χ0v) is 10.1. The van der Waals surface area contributed by atoms with Crippen molar-refractivity contribution >= 4 is 14.7 Å². The van der Waals surface area contributed by atoms with Gasteiger partial charge in [0.05, 0.1) is 11.5 Å². The minimum absolute atomic E-state index is 0.164. The number of aryl methyl sites for hydroxylation is 1. The Morgan fingerprint density at radius 1 is 1.47 bits per heavy atom. The topological polar surface area (TPSA) is 52.4 Å². The lowest BCUT2D eigenvalue weighted by atomic mass is 10.1. The summed E-state index contributed by atoms with van der Waals surface area (Å²) in [6.45, 7) is 6.40. The first-order valence-corrected chi connectivity index (χ1v) is 7.08. The van der Waals surface area contributed by atoms with Gasteiger partial charge in [-0.3, -0.25) is 10.1 Å². The molecule has 1 aromatic carbocycles. The van der Waals surface area contributed by atoms with Gasteiger partial charge in [0.15, 0.2) is 0 Å². The summed E-state index contributed by atoms with van der Waals surface area (Å²) in [5, 5.41) is 10.6. The summed E-state index contributed by atoms with van der Waals surface area (Å²) in [7, 11) is -0.705. The average molecular weight is 224 g/mol. The fourth-order valence-corrected chi connectivity index (χ4v) is 1.70. The Hall–Kier alpha value is -1.20. The molecule has 0 unspecified atom stereocenters. The summed E-state index contributed by atoms with van der Waals surface area (Å²) < 4.78 is 5.52. The molecule has 0 fully saturated rings. The minimum atomic E-state index is -0.705. The van der Waals surface area contributed by atoms with E-state index in [-0.39, 0.29) is 10.6 Å². The molecule has 0 N–H and O–H groups in total. The molecular weight excluding hydrogens is 210 g/mol. The zero-order chi connectivity index (χ0) is 11.4. The smallest absolute Gasteiger partial charge is 0.272 e. The van der Waals surface area contributed by atoms with Gasteiger partial charge in [-0.2, -0.15) is 0 Å². The van der Waals surface area contributed by atoms with Gasteiger partial charge in [-0.25, -0.2) is 0 Å². The van der Waals surface area contributed by atoms with E-state index in [2.05, 4.69) is 13.1 Å². The molecule has 0 aliphatic rings. The Kier molecular flexibility index (Phi) is 3.99. The number of rotatable bonds is 4. The summed E-state index contributed by atoms with van der Waals surface area (Å²) in [5.41, 5.74) is 1.84. The van der Waals surface area contributed by atoms with Crippen LogP contribution in [0.4, 0.5) is 5.69 Å². The monoisotopic (exact) mass is 224 g/mol. The van der Waals surface area contributed by atoms with Gasteiger partial charge in [0.1, 0.15) is 0 Å². The predicted octanol–water partition coefficient (Wildman–Crippen LogP) is 2.67. The van der Waals surface area contributed by atoms with Crippen LogP contribution in [0.5, 0.6) is 0 Å². The van der Waals surface area contributed by atoms with Crippen molar-refractivity contribution in [1.29, 1.82) is 0 Å². The first-order valence-electron chi connectivity index (χ1n) is 4.67. The second kappa shape index (κ2) is 5.04. The lowest BCUT2D eigenvalue weighted by Gasteiger charge is -2.06. The van der Waals surface area contributed by atoms with Gasteiger partial charge in [0.25, 0.3) is 5.69 Å². The lowest BCUT2D eigenvalue weighted by Crippen LogP contribution is -2.07. The molecule has 0 saturated carbocycles. The van der Waals surface area contributed by atoms with Crippen molar-refractivity contribution in [1.82, 2.24) is 0 Å². The summed E-state index contributed by atoms with van der Waals surface area (Å²) in [6, 6.07) is 5.09. The van der Waals surface area contributed by atoms with Crippen LogP contribution >= 0.6 is 0 Å². The zero-order valence-electron chi connectivity index (χ0n) is 9.11. The van der Waals surface area contributed by atoms with Crippen molar-refractivity contribution in [3.63, 3.8) is 0 Å². The summed E-state index contributed by atoms with van der Waals surface area (Å²) >= 11 is 0. The van der Waals surface area contributed by atoms with E-state index in [1.807, 2.05) is 6.07 Å². The number of benzene rings is 1. The normalized spacial score (nSPS) is 10.7. The lowest BCUT2D eigenvalue weighted by molar-refractivity contribution is -0.385. The maximum absolute atomic E-state index is 10.6. The fraction of sp³-hybridized carbons (Fsp3) is 0.400. The highest BCUT2D eigenvalue weighted by atomic mass is 28.3. The van der Waals surface area contributed by atoms with E-state index in [4.69, 9.17) is 4.43 Å². The van der Waals surface area contributed by atoms with Crippen molar-refractivity contribution in [3.8, 4) is 0 Å².